The quantitative estimate of drug-likeness (QED) is 0.180. The van der Waals surface area contributed by atoms with Crippen molar-refractivity contribution in [3.8, 4) is 28.2 Å². The van der Waals surface area contributed by atoms with E-state index in [1.54, 1.807) is 0 Å². The molecular formula is C48H31N3. The molecule has 11 rings (SSSR count). The molecule has 8 aromatic carbocycles. The third kappa shape index (κ3) is 4.12. The first-order chi connectivity index (χ1) is 25.3. The molecule has 0 aliphatic rings. The second-order valence-corrected chi connectivity index (χ2v) is 13.4. The lowest BCUT2D eigenvalue weighted by molar-refractivity contribution is 1.16. The van der Waals surface area contributed by atoms with Gasteiger partial charge in [-0.2, -0.15) is 0 Å². The molecule has 3 heterocycles. The van der Waals surface area contributed by atoms with Crippen molar-refractivity contribution in [2.75, 3.05) is 0 Å². The molecule has 3 heteroatoms. The van der Waals surface area contributed by atoms with Crippen LogP contribution < -0.4 is 0 Å². The molecule has 3 nitrogen and oxygen atoms in total. The van der Waals surface area contributed by atoms with Gasteiger partial charge in [-0.05, 0) is 83.9 Å². The van der Waals surface area contributed by atoms with Crippen LogP contribution in [0.1, 0.15) is 0 Å². The van der Waals surface area contributed by atoms with Gasteiger partial charge in [0, 0.05) is 49.4 Å². The normalized spacial score (nSPS) is 11.9. The highest BCUT2D eigenvalue weighted by Gasteiger charge is 2.19. The minimum atomic E-state index is 1.14. The number of fused-ring (bicyclic) bond motifs is 9. The van der Waals surface area contributed by atoms with Crippen molar-refractivity contribution in [1.82, 2.24) is 13.7 Å². The first-order valence-electron chi connectivity index (χ1n) is 17.5. The van der Waals surface area contributed by atoms with Gasteiger partial charge < -0.3 is 13.7 Å². The zero-order chi connectivity index (χ0) is 33.5. The van der Waals surface area contributed by atoms with Crippen LogP contribution in [0.2, 0.25) is 0 Å². The number of hydrogen-bond acceptors (Lipinski definition) is 0. The van der Waals surface area contributed by atoms with Gasteiger partial charge in [0.25, 0.3) is 0 Å². The predicted molar refractivity (Wildman–Crippen MR) is 215 cm³/mol. The Balaban J connectivity index is 1.15. The Bertz CT molecular complexity index is 3120. The van der Waals surface area contributed by atoms with E-state index in [9.17, 15) is 0 Å². The van der Waals surface area contributed by atoms with E-state index in [0.29, 0.717) is 0 Å². The highest BCUT2D eigenvalue weighted by atomic mass is 15.0. The van der Waals surface area contributed by atoms with Gasteiger partial charge in [0.05, 0.1) is 33.1 Å². The fourth-order valence-electron chi connectivity index (χ4n) is 8.39. The number of nitrogens with zero attached hydrogens (tertiary/aromatic N) is 3. The van der Waals surface area contributed by atoms with Crippen molar-refractivity contribution in [1.29, 1.82) is 0 Å². The van der Waals surface area contributed by atoms with Crippen LogP contribution in [0.15, 0.2) is 188 Å². The van der Waals surface area contributed by atoms with Gasteiger partial charge in [0.2, 0.25) is 0 Å². The van der Waals surface area contributed by atoms with Gasteiger partial charge in [-0.15, -0.1) is 0 Å². The molecule has 11 aromatic rings. The monoisotopic (exact) mass is 649 g/mol. The lowest BCUT2D eigenvalue weighted by Crippen LogP contribution is -1.96. The van der Waals surface area contributed by atoms with E-state index in [2.05, 4.69) is 202 Å². The van der Waals surface area contributed by atoms with Crippen LogP contribution in [0.4, 0.5) is 0 Å². The Kier molecular flexibility index (Phi) is 5.96. The summed E-state index contributed by atoms with van der Waals surface area (Å²) in [5.41, 5.74) is 13.1. The average Bonchev–Trinajstić information content (AvgIpc) is 3.82. The minimum Gasteiger partial charge on any atom is -0.309 e. The molecule has 0 saturated carbocycles. The summed E-state index contributed by atoms with van der Waals surface area (Å²) in [6.45, 7) is 0. The standard InChI is InChI=1S/C48H31N3/c1-3-15-34(16-4-1)49-43-23-10-7-20-37(43)40-27-26-33(29-46(40)49)32-14-13-19-36(28-32)51-45-25-12-9-22-39(45)42-30-41-38-21-8-11-24-44(38)50(47(41)31-48(42)51)35-17-5-2-6-18-35/h1-31H. The fraction of sp³-hybridized carbons (Fsp3) is 0. The Labute approximate surface area is 294 Å². The van der Waals surface area contributed by atoms with Crippen molar-refractivity contribution in [2.24, 2.45) is 0 Å². The van der Waals surface area contributed by atoms with Gasteiger partial charge in [-0.25, -0.2) is 0 Å². The first-order valence-corrected chi connectivity index (χ1v) is 17.5. The van der Waals surface area contributed by atoms with E-state index in [4.69, 9.17) is 0 Å². The molecule has 0 saturated heterocycles. The molecule has 0 fully saturated rings. The van der Waals surface area contributed by atoms with Gasteiger partial charge in [-0.3, -0.25) is 0 Å². The van der Waals surface area contributed by atoms with Crippen molar-refractivity contribution in [3.05, 3.63) is 188 Å². The zero-order valence-corrected chi connectivity index (χ0v) is 27.7. The molecule has 0 N–H and O–H groups in total. The Hall–Kier alpha value is -6.84. The molecule has 0 aliphatic heterocycles. The Morgan fingerprint density at radius 3 is 1.20 bits per heavy atom. The summed E-state index contributed by atoms with van der Waals surface area (Å²) in [7, 11) is 0. The molecule has 3 aromatic heterocycles. The van der Waals surface area contributed by atoms with Crippen LogP contribution in [-0.2, 0) is 0 Å². The zero-order valence-electron chi connectivity index (χ0n) is 27.7. The summed E-state index contributed by atoms with van der Waals surface area (Å²) >= 11 is 0. The third-order valence-electron chi connectivity index (χ3n) is 10.6. The molecule has 0 radical (unpaired) electrons. The predicted octanol–water partition coefficient (Wildman–Crippen LogP) is 12.6. The molecule has 0 atom stereocenters. The largest absolute Gasteiger partial charge is 0.309 e. The number of aromatic nitrogens is 3. The van der Waals surface area contributed by atoms with E-state index in [0.717, 1.165) is 11.4 Å². The topological polar surface area (TPSA) is 14.8 Å². The molecular weight excluding hydrogens is 619 g/mol. The van der Waals surface area contributed by atoms with Gasteiger partial charge in [0.1, 0.15) is 0 Å². The molecule has 0 amide bonds. The first kappa shape index (κ1) is 28.0. The average molecular weight is 650 g/mol. The van der Waals surface area contributed by atoms with Crippen molar-refractivity contribution in [2.45, 2.75) is 0 Å². The highest BCUT2D eigenvalue weighted by molar-refractivity contribution is 6.19. The van der Waals surface area contributed by atoms with E-state index >= 15 is 0 Å². The van der Waals surface area contributed by atoms with Crippen LogP contribution in [-0.4, -0.2) is 13.7 Å². The minimum absolute atomic E-state index is 1.14. The van der Waals surface area contributed by atoms with Gasteiger partial charge in [-0.1, -0.05) is 115 Å². The number of benzene rings is 8. The van der Waals surface area contributed by atoms with Gasteiger partial charge in [0.15, 0.2) is 0 Å². The van der Waals surface area contributed by atoms with Crippen LogP contribution in [0.3, 0.4) is 0 Å². The lowest BCUT2D eigenvalue weighted by atomic mass is 10.0. The van der Waals surface area contributed by atoms with E-state index in [-0.39, 0.29) is 0 Å². The number of rotatable bonds is 4. The van der Waals surface area contributed by atoms with E-state index in [1.165, 1.54) is 82.2 Å². The summed E-state index contributed by atoms with van der Waals surface area (Å²) < 4.78 is 7.24. The fourth-order valence-corrected chi connectivity index (χ4v) is 8.39. The van der Waals surface area contributed by atoms with E-state index in [1.807, 2.05) is 0 Å². The summed E-state index contributed by atoms with van der Waals surface area (Å²) in [6.07, 6.45) is 0. The van der Waals surface area contributed by atoms with Crippen molar-refractivity contribution in [3.63, 3.8) is 0 Å². The third-order valence-corrected chi connectivity index (χ3v) is 10.6. The van der Waals surface area contributed by atoms with Crippen LogP contribution >= 0.6 is 0 Å². The van der Waals surface area contributed by atoms with Crippen LogP contribution in [0.25, 0.3) is 93.6 Å². The van der Waals surface area contributed by atoms with E-state index < -0.39 is 0 Å². The molecule has 0 unspecified atom stereocenters. The summed E-state index contributed by atoms with van der Waals surface area (Å²) in [5, 5.41) is 7.57. The molecule has 51 heavy (non-hydrogen) atoms. The Morgan fingerprint density at radius 1 is 0.216 bits per heavy atom. The maximum absolute atomic E-state index is 2.44. The van der Waals surface area contributed by atoms with Crippen LogP contribution in [0, 0.1) is 0 Å². The summed E-state index contributed by atoms with van der Waals surface area (Å²) in [5.74, 6) is 0. The molecule has 0 aliphatic carbocycles. The SMILES string of the molecule is c1ccc(-n2c3ccccc3c3ccc(-c4cccc(-n5c6ccccc6c6cc7c8ccccc8n(-c8ccccc8)c7cc65)c4)cc32)cc1. The Morgan fingerprint density at radius 2 is 0.627 bits per heavy atom. The lowest BCUT2D eigenvalue weighted by Gasteiger charge is -2.12. The van der Waals surface area contributed by atoms with Gasteiger partial charge >= 0.3 is 0 Å². The van der Waals surface area contributed by atoms with Crippen molar-refractivity contribution >= 4 is 65.4 Å². The molecule has 0 spiro atoms. The second kappa shape index (κ2) is 10.8. The van der Waals surface area contributed by atoms with Crippen LogP contribution in [0.5, 0.6) is 0 Å². The smallest absolute Gasteiger partial charge is 0.0562 e. The summed E-state index contributed by atoms with van der Waals surface area (Å²) in [4.78, 5) is 0. The van der Waals surface area contributed by atoms with Crippen molar-refractivity contribution < 1.29 is 0 Å². The summed E-state index contributed by atoms with van der Waals surface area (Å²) in [6, 6.07) is 68.4. The molecule has 238 valence electrons. The number of hydrogen-bond donors (Lipinski definition) is 0. The maximum atomic E-state index is 2.44. The number of para-hydroxylation sites is 5. The molecule has 0 bridgehead atoms. The maximum Gasteiger partial charge on any atom is 0.0562 e. The second-order valence-electron chi connectivity index (χ2n) is 13.4. The highest BCUT2D eigenvalue weighted by Crippen LogP contribution is 2.40.